The van der Waals surface area contributed by atoms with E-state index < -0.39 is 5.91 Å². The summed E-state index contributed by atoms with van der Waals surface area (Å²) in [5.41, 5.74) is 5.19. The Morgan fingerprint density at radius 2 is 2.33 bits per heavy atom. The zero-order chi connectivity index (χ0) is 13.2. The van der Waals surface area contributed by atoms with Crippen molar-refractivity contribution >= 4 is 5.91 Å². The van der Waals surface area contributed by atoms with Crippen molar-refractivity contribution in [1.82, 2.24) is 5.32 Å². The van der Waals surface area contributed by atoms with Crippen molar-refractivity contribution in [3.8, 4) is 0 Å². The van der Waals surface area contributed by atoms with Gasteiger partial charge in [0, 0.05) is 30.5 Å². The lowest BCUT2D eigenvalue weighted by molar-refractivity contribution is -0.192. The van der Waals surface area contributed by atoms with Crippen molar-refractivity contribution < 1.29 is 14.3 Å². The average molecular weight is 256 g/mol. The van der Waals surface area contributed by atoms with Crippen molar-refractivity contribution in [2.75, 3.05) is 26.4 Å². The zero-order valence-corrected chi connectivity index (χ0v) is 11.3. The summed E-state index contributed by atoms with van der Waals surface area (Å²) in [6, 6.07) is 0.486. The van der Waals surface area contributed by atoms with E-state index in [1.54, 1.807) is 0 Å². The van der Waals surface area contributed by atoms with Crippen molar-refractivity contribution in [3.63, 3.8) is 0 Å². The van der Waals surface area contributed by atoms with Crippen molar-refractivity contribution in [2.24, 2.45) is 17.1 Å². The lowest BCUT2D eigenvalue weighted by atomic mass is 9.55. The number of nitrogens with one attached hydrogen (secondary N) is 1. The predicted octanol–water partition coefficient (Wildman–Crippen LogP) is 0.282. The first kappa shape index (κ1) is 13.8. The predicted molar refractivity (Wildman–Crippen MR) is 68.0 cm³/mol. The van der Waals surface area contributed by atoms with E-state index in [1.807, 2.05) is 0 Å². The molecule has 1 saturated carbocycles. The summed E-state index contributed by atoms with van der Waals surface area (Å²) in [6.07, 6.45) is 2.80. The van der Waals surface area contributed by atoms with E-state index in [4.69, 9.17) is 15.2 Å². The number of primary amides is 1. The number of hydrogen-bond acceptors (Lipinski definition) is 4. The van der Waals surface area contributed by atoms with Crippen LogP contribution >= 0.6 is 0 Å². The number of amides is 1. The summed E-state index contributed by atoms with van der Waals surface area (Å²) in [4.78, 5) is 10.5. The summed E-state index contributed by atoms with van der Waals surface area (Å²) >= 11 is 0. The Hall–Kier alpha value is -0.650. The maximum Gasteiger partial charge on any atom is 0.243 e. The minimum absolute atomic E-state index is 0.00487. The molecule has 104 valence electrons. The van der Waals surface area contributed by atoms with Gasteiger partial charge in [-0.1, -0.05) is 13.8 Å². The second-order valence-corrected chi connectivity index (χ2v) is 5.87. The van der Waals surface area contributed by atoms with Crippen LogP contribution in [0.5, 0.6) is 0 Å². The fraction of sp³-hybridized carbons (Fsp3) is 0.923. The van der Waals surface area contributed by atoms with E-state index in [1.165, 1.54) is 6.42 Å². The van der Waals surface area contributed by atoms with Gasteiger partial charge in [0.25, 0.3) is 0 Å². The monoisotopic (exact) mass is 256 g/mol. The van der Waals surface area contributed by atoms with Crippen LogP contribution in [0, 0.1) is 11.3 Å². The Labute approximate surface area is 108 Å². The van der Waals surface area contributed by atoms with Crippen LogP contribution in [0.2, 0.25) is 0 Å². The molecule has 0 aromatic rings. The number of fused-ring (bicyclic) bond motifs is 1. The Bertz CT molecular complexity index is 307. The lowest BCUT2D eigenvalue weighted by Gasteiger charge is -2.60. The molecule has 3 N–H and O–H groups in total. The van der Waals surface area contributed by atoms with Crippen LogP contribution in [0.3, 0.4) is 0 Å². The molecule has 1 heterocycles. The van der Waals surface area contributed by atoms with Gasteiger partial charge in [-0.25, -0.2) is 0 Å². The normalized spacial score (nSPS) is 33.6. The number of rotatable bonds is 6. The summed E-state index contributed by atoms with van der Waals surface area (Å²) in [5.74, 6) is 0.213. The summed E-state index contributed by atoms with van der Waals surface area (Å²) in [6.45, 7) is 6.69. The molecule has 5 nitrogen and oxygen atoms in total. The smallest absolute Gasteiger partial charge is 0.243 e. The maximum atomic E-state index is 10.5. The number of carbonyl (C=O) groups is 1. The molecule has 5 heteroatoms. The molecule has 0 aromatic heterocycles. The van der Waals surface area contributed by atoms with Crippen LogP contribution in [0.25, 0.3) is 0 Å². The molecular weight excluding hydrogens is 232 g/mol. The van der Waals surface area contributed by atoms with Crippen LogP contribution in [-0.4, -0.2) is 44.4 Å². The molecule has 0 bridgehead atoms. The third kappa shape index (κ3) is 2.68. The molecule has 1 aliphatic carbocycles. The first-order valence-electron chi connectivity index (χ1n) is 6.74. The van der Waals surface area contributed by atoms with Gasteiger partial charge in [-0.05, 0) is 12.8 Å². The molecule has 2 fully saturated rings. The van der Waals surface area contributed by atoms with Gasteiger partial charge in [0.1, 0.15) is 6.61 Å². The van der Waals surface area contributed by atoms with E-state index in [0.29, 0.717) is 24.7 Å². The minimum Gasteiger partial charge on any atom is -0.377 e. The largest absolute Gasteiger partial charge is 0.377 e. The standard InChI is InChI=1S/C13H24N2O3/c1-13(2)11(9-4-3-6-18-12(9)13)15-5-7-17-8-10(14)16/h9,11-12,15H,3-8H2,1-2H3,(H2,14,16). The first-order chi connectivity index (χ1) is 8.53. The fourth-order valence-electron chi connectivity index (χ4n) is 3.40. The molecule has 0 radical (unpaired) electrons. The number of nitrogens with two attached hydrogens (primary N) is 1. The maximum absolute atomic E-state index is 10.5. The molecular formula is C13H24N2O3. The Morgan fingerprint density at radius 1 is 1.56 bits per heavy atom. The van der Waals surface area contributed by atoms with Gasteiger partial charge in [0.2, 0.25) is 5.91 Å². The van der Waals surface area contributed by atoms with Crippen LogP contribution in [0.15, 0.2) is 0 Å². The number of hydrogen-bond donors (Lipinski definition) is 2. The Balaban J connectivity index is 1.70. The van der Waals surface area contributed by atoms with E-state index in [2.05, 4.69) is 19.2 Å². The third-order valence-corrected chi connectivity index (χ3v) is 4.19. The van der Waals surface area contributed by atoms with Crippen LogP contribution in [0.4, 0.5) is 0 Å². The highest BCUT2D eigenvalue weighted by molar-refractivity contribution is 5.74. The highest BCUT2D eigenvalue weighted by atomic mass is 16.5. The molecule has 1 aliphatic heterocycles. The topological polar surface area (TPSA) is 73.6 Å². The number of ether oxygens (including phenoxy) is 2. The third-order valence-electron chi connectivity index (χ3n) is 4.19. The van der Waals surface area contributed by atoms with Gasteiger partial charge >= 0.3 is 0 Å². The molecule has 3 atom stereocenters. The molecule has 1 saturated heterocycles. The van der Waals surface area contributed by atoms with Gasteiger partial charge in [-0.3, -0.25) is 4.79 Å². The van der Waals surface area contributed by atoms with E-state index in [0.717, 1.165) is 19.6 Å². The van der Waals surface area contributed by atoms with E-state index in [9.17, 15) is 4.79 Å². The Morgan fingerprint density at radius 3 is 3.06 bits per heavy atom. The van der Waals surface area contributed by atoms with Gasteiger partial charge < -0.3 is 20.5 Å². The second kappa shape index (κ2) is 5.55. The summed E-state index contributed by atoms with van der Waals surface area (Å²) in [5, 5.41) is 3.53. The van der Waals surface area contributed by atoms with Gasteiger partial charge in [-0.15, -0.1) is 0 Å². The molecule has 1 amide bonds. The second-order valence-electron chi connectivity index (χ2n) is 5.87. The quantitative estimate of drug-likeness (QED) is 0.670. The minimum atomic E-state index is -0.417. The summed E-state index contributed by atoms with van der Waals surface area (Å²) < 4.78 is 11.0. The van der Waals surface area contributed by atoms with E-state index >= 15 is 0 Å². The van der Waals surface area contributed by atoms with Crippen molar-refractivity contribution in [1.29, 1.82) is 0 Å². The van der Waals surface area contributed by atoms with Gasteiger partial charge in [0.15, 0.2) is 0 Å². The first-order valence-corrected chi connectivity index (χ1v) is 6.74. The summed E-state index contributed by atoms with van der Waals surface area (Å²) in [7, 11) is 0. The van der Waals surface area contributed by atoms with Crippen molar-refractivity contribution in [2.45, 2.75) is 38.8 Å². The SMILES string of the molecule is CC1(C)C(NCCOCC(N)=O)C2CCCOC21. The van der Waals surface area contributed by atoms with Crippen LogP contribution in [0.1, 0.15) is 26.7 Å². The molecule has 2 aliphatic rings. The van der Waals surface area contributed by atoms with E-state index in [-0.39, 0.29) is 12.0 Å². The van der Waals surface area contributed by atoms with Gasteiger partial charge in [-0.2, -0.15) is 0 Å². The molecule has 2 rings (SSSR count). The highest BCUT2D eigenvalue weighted by Crippen LogP contribution is 2.51. The molecule has 0 spiro atoms. The molecule has 3 unspecified atom stereocenters. The zero-order valence-electron chi connectivity index (χ0n) is 11.3. The van der Waals surface area contributed by atoms with Crippen LogP contribution < -0.4 is 11.1 Å². The average Bonchev–Trinajstić information content (AvgIpc) is 2.33. The van der Waals surface area contributed by atoms with Crippen molar-refractivity contribution in [3.05, 3.63) is 0 Å². The van der Waals surface area contributed by atoms with Crippen LogP contribution in [-0.2, 0) is 14.3 Å². The fourth-order valence-corrected chi connectivity index (χ4v) is 3.40. The lowest BCUT2D eigenvalue weighted by Crippen LogP contribution is -2.69. The highest BCUT2D eigenvalue weighted by Gasteiger charge is 2.57. The van der Waals surface area contributed by atoms with Gasteiger partial charge in [0.05, 0.1) is 12.7 Å². The molecule has 0 aromatic carbocycles. The number of carbonyl (C=O) groups excluding carboxylic acids is 1. The Kier molecular flexibility index (Phi) is 4.25. The molecule has 18 heavy (non-hydrogen) atoms.